The lowest BCUT2D eigenvalue weighted by atomic mass is 9.73. The number of benzene rings is 2. The van der Waals surface area contributed by atoms with Crippen molar-refractivity contribution in [3.63, 3.8) is 0 Å². The van der Waals surface area contributed by atoms with Crippen LogP contribution in [0.3, 0.4) is 0 Å². The molecule has 0 spiro atoms. The maximum atomic E-state index is 12.7. The number of Topliss-reactive ketones (excluding diaryl/α,β-unsaturated/α-hetero) is 1. The molecule has 1 amide bonds. The quantitative estimate of drug-likeness (QED) is 0.320. The summed E-state index contributed by atoms with van der Waals surface area (Å²) in [7, 11) is 0. The van der Waals surface area contributed by atoms with E-state index in [4.69, 9.17) is 0 Å². The lowest BCUT2D eigenvalue weighted by Gasteiger charge is -2.31. The van der Waals surface area contributed by atoms with E-state index in [1.54, 1.807) is 24.3 Å². The Labute approximate surface area is 203 Å². The first-order valence-corrected chi connectivity index (χ1v) is 12.2. The van der Waals surface area contributed by atoms with Gasteiger partial charge in [-0.25, -0.2) is 0 Å². The summed E-state index contributed by atoms with van der Waals surface area (Å²) in [5.41, 5.74) is 1.51. The van der Waals surface area contributed by atoms with E-state index in [9.17, 15) is 19.8 Å². The van der Waals surface area contributed by atoms with Crippen molar-refractivity contribution in [3.05, 3.63) is 59.7 Å². The summed E-state index contributed by atoms with van der Waals surface area (Å²) >= 11 is 0. The van der Waals surface area contributed by atoms with E-state index in [0.29, 0.717) is 25.8 Å². The predicted octanol–water partition coefficient (Wildman–Crippen LogP) is 4.67. The third kappa shape index (κ3) is 7.87. The molecule has 2 aromatic rings. The number of hydrogen-bond donors (Lipinski definition) is 4. The number of carbonyl (C=O) groups excluding carboxylic acids is 2. The van der Waals surface area contributed by atoms with Gasteiger partial charge in [-0.05, 0) is 54.7 Å². The predicted molar refractivity (Wildman–Crippen MR) is 136 cm³/mol. The molecule has 0 radical (unpaired) electrons. The largest absolute Gasteiger partial charge is 0.508 e. The van der Waals surface area contributed by atoms with Crippen molar-refractivity contribution in [1.82, 2.24) is 10.6 Å². The van der Waals surface area contributed by atoms with Crippen LogP contribution in [0.15, 0.2) is 48.5 Å². The zero-order valence-electron chi connectivity index (χ0n) is 21.1. The zero-order chi connectivity index (χ0) is 25.3. The third-order valence-corrected chi connectivity index (χ3v) is 6.30. The van der Waals surface area contributed by atoms with Crippen LogP contribution in [0.1, 0.15) is 71.4 Å². The summed E-state index contributed by atoms with van der Waals surface area (Å²) < 4.78 is 0. The van der Waals surface area contributed by atoms with E-state index in [2.05, 4.69) is 17.6 Å². The fourth-order valence-electron chi connectivity index (χ4n) is 4.21. The molecule has 0 bridgehead atoms. The Morgan fingerprint density at radius 1 is 0.882 bits per heavy atom. The van der Waals surface area contributed by atoms with Crippen molar-refractivity contribution in [3.8, 4) is 11.5 Å². The molecular formula is C28H40N2O4. The molecule has 0 saturated heterocycles. The molecule has 1 atom stereocenters. The average molecular weight is 469 g/mol. The van der Waals surface area contributed by atoms with Gasteiger partial charge in [-0.1, -0.05) is 58.9 Å². The van der Waals surface area contributed by atoms with E-state index in [1.807, 2.05) is 52.0 Å². The molecule has 0 aliphatic heterocycles. The molecule has 4 N–H and O–H groups in total. The van der Waals surface area contributed by atoms with Crippen molar-refractivity contribution >= 4 is 11.7 Å². The topological polar surface area (TPSA) is 98.7 Å². The summed E-state index contributed by atoms with van der Waals surface area (Å²) in [4.78, 5) is 25.1. The van der Waals surface area contributed by atoms with Gasteiger partial charge in [0.15, 0.2) is 5.78 Å². The minimum absolute atomic E-state index is 0.0247. The van der Waals surface area contributed by atoms with Gasteiger partial charge in [-0.3, -0.25) is 9.59 Å². The number of hydrogen-bond acceptors (Lipinski definition) is 5. The maximum absolute atomic E-state index is 12.7. The highest BCUT2D eigenvalue weighted by molar-refractivity contribution is 5.85. The molecule has 2 aromatic carbocycles. The third-order valence-electron chi connectivity index (χ3n) is 6.30. The number of phenols is 2. The number of rotatable bonds is 13. The average Bonchev–Trinajstić information content (AvgIpc) is 2.79. The van der Waals surface area contributed by atoms with Gasteiger partial charge >= 0.3 is 0 Å². The molecule has 186 valence electrons. The molecule has 0 aromatic heterocycles. The van der Waals surface area contributed by atoms with Gasteiger partial charge in [0.05, 0.1) is 6.04 Å². The summed E-state index contributed by atoms with van der Waals surface area (Å²) in [6.07, 6.45) is 2.31. The lowest BCUT2D eigenvalue weighted by Crippen LogP contribution is -2.43. The van der Waals surface area contributed by atoms with E-state index >= 15 is 0 Å². The Bertz CT molecular complexity index is 875. The van der Waals surface area contributed by atoms with Crippen molar-refractivity contribution in [2.24, 2.45) is 5.92 Å². The second-order valence-electron chi connectivity index (χ2n) is 9.85. The highest BCUT2D eigenvalue weighted by Gasteiger charge is 2.30. The van der Waals surface area contributed by atoms with E-state index in [0.717, 1.165) is 17.5 Å². The first-order chi connectivity index (χ1) is 16.0. The van der Waals surface area contributed by atoms with Crippen LogP contribution in [0, 0.1) is 5.92 Å². The van der Waals surface area contributed by atoms with Crippen molar-refractivity contribution in [2.45, 2.75) is 77.8 Å². The molecule has 6 nitrogen and oxygen atoms in total. The summed E-state index contributed by atoms with van der Waals surface area (Å²) in [6, 6.07) is 14.1. The SMILES string of the molecule is CC(C)NC(CCCNC(=O)CCC(C)(c1ccc(O)cc1)c1ccc(O)cc1)C(=O)C(C)C. The van der Waals surface area contributed by atoms with Crippen LogP contribution in [-0.4, -0.2) is 40.5 Å². The maximum Gasteiger partial charge on any atom is 0.220 e. The molecule has 2 rings (SSSR count). The molecular weight excluding hydrogens is 428 g/mol. The number of phenolic OH excluding ortho intramolecular Hbond substituents is 2. The van der Waals surface area contributed by atoms with Crippen LogP contribution in [0.2, 0.25) is 0 Å². The molecule has 34 heavy (non-hydrogen) atoms. The zero-order valence-corrected chi connectivity index (χ0v) is 21.1. The Balaban J connectivity index is 1.97. The van der Waals surface area contributed by atoms with Gasteiger partial charge in [0, 0.05) is 30.3 Å². The first kappa shape index (κ1) is 27.4. The Morgan fingerprint density at radius 2 is 1.38 bits per heavy atom. The standard InChI is InChI=1S/C28H40N2O4/c1-19(2)27(34)25(30-20(3)4)7-6-18-29-26(33)16-17-28(5,21-8-12-23(31)13-9-21)22-10-14-24(32)15-11-22/h8-15,19-20,25,30-32H,6-7,16-18H2,1-5H3,(H,29,33). The number of ketones is 1. The second kappa shape index (κ2) is 12.6. The Kier molecular flexibility index (Phi) is 10.1. The van der Waals surface area contributed by atoms with Gasteiger partial charge < -0.3 is 20.8 Å². The van der Waals surface area contributed by atoms with Gasteiger partial charge in [0.25, 0.3) is 0 Å². The van der Waals surface area contributed by atoms with Gasteiger partial charge in [0.2, 0.25) is 5.91 Å². The number of aromatic hydroxyl groups is 2. The lowest BCUT2D eigenvalue weighted by molar-refractivity contribution is -0.124. The molecule has 0 fully saturated rings. The van der Waals surface area contributed by atoms with Crippen LogP contribution in [-0.2, 0) is 15.0 Å². The second-order valence-corrected chi connectivity index (χ2v) is 9.85. The Hall–Kier alpha value is -2.86. The van der Waals surface area contributed by atoms with Crippen molar-refractivity contribution in [1.29, 1.82) is 0 Å². The van der Waals surface area contributed by atoms with Crippen LogP contribution in [0.4, 0.5) is 0 Å². The monoisotopic (exact) mass is 468 g/mol. The molecule has 0 heterocycles. The van der Waals surface area contributed by atoms with E-state index in [1.165, 1.54) is 0 Å². The first-order valence-electron chi connectivity index (χ1n) is 12.2. The van der Waals surface area contributed by atoms with Gasteiger partial charge in [0.1, 0.15) is 11.5 Å². The highest BCUT2D eigenvalue weighted by atomic mass is 16.3. The van der Waals surface area contributed by atoms with Crippen molar-refractivity contribution < 1.29 is 19.8 Å². The normalized spacial score (nSPS) is 12.7. The number of amides is 1. The molecule has 0 saturated carbocycles. The van der Waals surface area contributed by atoms with Crippen LogP contribution in [0.25, 0.3) is 0 Å². The Morgan fingerprint density at radius 3 is 1.82 bits per heavy atom. The van der Waals surface area contributed by atoms with E-state index in [-0.39, 0.29) is 41.2 Å². The molecule has 6 heteroatoms. The fraction of sp³-hybridized carbons (Fsp3) is 0.500. The summed E-state index contributed by atoms with van der Waals surface area (Å²) in [5.74, 6) is 0.528. The van der Waals surface area contributed by atoms with Gasteiger partial charge in [-0.15, -0.1) is 0 Å². The summed E-state index contributed by atoms with van der Waals surface area (Å²) in [6.45, 7) is 10.5. The number of nitrogens with one attached hydrogen (secondary N) is 2. The van der Waals surface area contributed by atoms with Crippen LogP contribution < -0.4 is 10.6 Å². The van der Waals surface area contributed by atoms with Crippen LogP contribution >= 0.6 is 0 Å². The molecule has 0 aliphatic carbocycles. The minimum Gasteiger partial charge on any atom is -0.508 e. The molecule has 0 aliphatic rings. The highest BCUT2D eigenvalue weighted by Crippen LogP contribution is 2.37. The van der Waals surface area contributed by atoms with E-state index < -0.39 is 5.41 Å². The minimum atomic E-state index is -0.464. The molecule has 1 unspecified atom stereocenters. The fourth-order valence-corrected chi connectivity index (χ4v) is 4.21. The smallest absolute Gasteiger partial charge is 0.220 e. The van der Waals surface area contributed by atoms with Crippen LogP contribution in [0.5, 0.6) is 11.5 Å². The number of carbonyl (C=O) groups is 2. The summed E-state index contributed by atoms with van der Waals surface area (Å²) in [5, 5.41) is 25.7. The van der Waals surface area contributed by atoms with Gasteiger partial charge in [-0.2, -0.15) is 0 Å². The van der Waals surface area contributed by atoms with Crippen molar-refractivity contribution in [2.75, 3.05) is 6.54 Å².